The summed E-state index contributed by atoms with van der Waals surface area (Å²) in [6.45, 7) is 0.325. The predicted octanol–water partition coefficient (Wildman–Crippen LogP) is 0.821. The van der Waals surface area contributed by atoms with Crippen molar-refractivity contribution < 1.29 is 14.5 Å². The summed E-state index contributed by atoms with van der Waals surface area (Å²) in [5.41, 5.74) is 11.9. The Morgan fingerprint density at radius 3 is 2.63 bits per heavy atom. The molecule has 1 aromatic carbocycles. The van der Waals surface area contributed by atoms with Gasteiger partial charge in [0.15, 0.2) is 0 Å². The van der Waals surface area contributed by atoms with Crippen LogP contribution in [0.5, 0.6) is 5.75 Å². The van der Waals surface area contributed by atoms with Crippen molar-refractivity contribution in [1.29, 1.82) is 0 Å². The second-order valence-electron chi connectivity index (χ2n) is 4.49. The van der Waals surface area contributed by atoms with Gasteiger partial charge in [0.05, 0.1) is 6.04 Å². The normalized spacial score (nSPS) is 22.9. The smallest absolute Gasteiger partial charge is 0.330 e. The van der Waals surface area contributed by atoms with Gasteiger partial charge in [-0.1, -0.05) is 0 Å². The number of phenols is 1. The summed E-state index contributed by atoms with van der Waals surface area (Å²) in [5.74, 6) is -0.308. The van der Waals surface area contributed by atoms with Crippen LogP contribution in [-0.4, -0.2) is 28.3 Å². The fourth-order valence-corrected chi connectivity index (χ4v) is 3.48. The molecule has 0 aliphatic carbocycles. The van der Waals surface area contributed by atoms with Gasteiger partial charge in [0, 0.05) is 12.2 Å². The first-order chi connectivity index (χ1) is 8.90. The molecule has 1 amide bonds. The Balaban J connectivity index is 2.15. The van der Waals surface area contributed by atoms with Gasteiger partial charge in [-0.25, -0.2) is 5.50 Å². The summed E-state index contributed by atoms with van der Waals surface area (Å²) in [6.07, 6.45) is 1.25. The number of nitrogens with two attached hydrogens (primary N) is 2. The Hall–Kier alpha value is -1.56. The Labute approximate surface area is 111 Å². The highest BCUT2D eigenvalue weighted by Gasteiger charge is 2.36. The molecule has 2 atom stereocenters. The number of piperidine rings is 1. The number of nitrogens with one attached hydrogen (secondary N) is 1. The van der Waals surface area contributed by atoms with E-state index in [0.717, 1.165) is 4.67 Å². The van der Waals surface area contributed by atoms with Crippen molar-refractivity contribution in [3.8, 4) is 5.75 Å². The van der Waals surface area contributed by atoms with Crippen molar-refractivity contribution in [2.24, 2.45) is 11.2 Å². The van der Waals surface area contributed by atoms with Crippen LogP contribution in [-0.2, 0) is 9.36 Å². The third-order valence-electron chi connectivity index (χ3n) is 2.97. The minimum atomic E-state index is -3.53. The molecule has 1 unspecified atom stereocenters. The maximum Gasteiger partial charge on any atom is 0.330 e. The molecule has 1 aromatic rings. The highest BCUT2D eigenvalue weighted by Crippen LogP contribution is 2.43. The zero-order valence-electron chi connectivity index (χ0n) is 10.3. The molecule has 19 heavy (non-hydrogen) atoms. The Bertz CT molecular complexity index is 519. The molecule has 1 fully saturated rings. The number of amides is 1. The molecule has 1 aliphatic heterocycles. The van der Waals surface area contributed by atoms with E-state index in [9.17, 15) is 14.5 Å². The number of aromatic hydroxyl groups is 1. The molecule has 104 valence electrons. The molecule has 8 heteroatoms. The number of benzene rings is 1. The first-order valence-electron chi connectivity index (χ1n) is 5.93. The van der Waals surface area contributed by atoms with Crippen LogP contribution >= 0.6 is 7.59 Å². The molecule has 0 aromatic heterocycles. The van der Waals surface area contributed by atoms with Gasteiger partial charge in [-0.05, 0) is 37.1 Å². The van der Waals surface area contributed by atoms with Crippen molar-refractivity contribution in [2.75, 3.05) is 11.6 Å². The Morgan fingerprint density at radius 2 is 2.00 bits per heavy atom. The summed E-state index contributed by atoms with van der Waals surface area (Å²) < 4.78 is 13.6. The lowest BCUT2D eigenvalue weighted by molar-refractivity contribution is -0.129. The SMILES string of the molecule is N[C@H]1CCCN(P(N)(=O)Nc2ccc(O)cc2)C1=O. The van der Waals surface area contributed by atoms with Crippen LogP contribution in [0.2, 0.25) is 0 Å². The van der Waals surface area contributed by atoms with E-state index in [1.807, 2.05) is 0 Å². The van der Waals surface area contributed by atoms with E-state index in [4.69, 9.17) is 11.2 Å². The fraction of sp³-hybridized carbons (Fsp3) is 0.364. The van der Waals surface area contributed by atoms with Crippen LogP contribution in [0.1, 0.15) is 12.8 Å². The van der Waals surface area contributed by atoms with Crippen molar-refractivity contribution in [2.45, 2.75) is 18.9 Å². The summed E-state index contributed by atoms with van der Waals surface area (Å²) in [7, 11) is -3.53. The molecular weight excluding hydrogens is 267 g/mol. The highest BCUT2D eigenvalue weighted by molar-refractivity contribution is 7.61. The largest absolute Gasteiger partial charge is 0.508 e. The van der Waals surface area contributed by atoms with Crippen LogP contribution in [0.3, 0.4) is 0 Å². The van der Waals surface area contributed by atoms with E-state index in [-0.39, 0.29) is 5.75 Å². The summed E-state index contributed by atoms with van der Waals surface area (Å²) in [6, 6.07) is 5.29. The number of hydrogen-bond donors (Lipinski definition) is 4. The Kier molecular flexibility index (Phi) is 3.80. The predicted molar refractivity (Wildman–Crippen MR) is 72.4 cm³/mol. The average molecular weight is 284 g/mol. The van der Waals surface area contributed by atoms with Crippen LogP contribution in [0, 0.1) is 0 Å². The minimum Gasteiger partial charge on any atom is -0.508 e. The maximum absolute atomic E-state index is 12.4. The third kappa shape index (κ3) is 3.07. The molecule has 7 nitrogen and oxygen atoms in total. The average Bonchev–Trinajstić information content (AvgIpc) is 2.35. The minimum absolute atomic E-state index is 0.0912. The van der Waals surface area contributed by atoms with E-state index < -0.39 is 19.5 Å². The molecule has 2 rings (SSSR count). The van der Waals surface area contributed by atoms with Crippen molar-refractivity contribution in [3.63, 3.8) is 0 Å². The van der Waals surface area contributed by atoms with Crippen molar-refractivity contribution >= 4 is 19.2 Å². The lowest BCUT2D eigenvalue weighted by atomic mass is 10.1. The fourth-order valence-electron chi connectivity index (χ4n) is 1.96. The van der Waals surface area contributed by atoms with Gasteiger partial charge < -0.3 is 15.9 Å². The highest BCUT2D eigenvalue weighted by atomic mass is 31.2. The second-order valence-corrected chi connectivity index (χ2v) is 6.44. The van der Waals surface area contributed by atoms with Gasteiger partial charge >= 0.3 is 7.59 Å². The summed E-state index contributed by atoms with van der Waals surface area (Å²) in [4.78, 5) is 11.9. The number of nitrogens with zero attached hydrogens (tertiary/aromatic N) is 1. The maximum atomic E-state index is 12.4. The molecule has 0 bridgehead atoms. The molecule has 0 saturated carbocycles. The van der Waals surface area contributed by atoms with E-state index >= 15 is 0 Å². The summed E-state index contributed by atoms with van der Waals surface area (Å²) in [5, 5.41) is 11.8. The lowest BCUT2D eigenvalue weighted by Gasteiger charge is -2.34. The van der Waals surface area contributed by atoms with Gasteiger partial charge in [0.2, 0.25) is 5.91 Å². The molecule has 0 spiro atoms. The molecule has 1 aliphatic rings. The van der Waals surface area contributed by atoms with Gasteiger partial charge in [0.25, 0.3) is 0 Å². The van der Waals surface area contributed by atoms with Crippen LogP contribution < -0.4 is 16.3 Å². The van der Waals surface area contributed by atoms with Crippen LogP contribution in [0.4, 0.5) is 5.69 Å². The zero-order valence-corrected chi connectivity index (χ0v) is 11.2. The van der Waals surface area contributed by atoms with Gasteiger partial charge in [0.1, 0.15) is 5.75 Å². The quantitative estimate of drug-likeness (QED) is 0.481. The first kappa shape index (κ1) is 13.9. The molecule has 1 heterocycles. The number of carbonyl (C=O) groups excluding carboxylic acids is 1. The van der Waals surface area contributed by atoms with Crippen LogP contribution in [0.15, 0.2) is 24.3 Å². The number of carbonyl (C=O) groups is 1. The van der Waals surface area contributed by atoms with E-state index in [0.29, 0.717) is 25.1 Å². The van der Waals surface area contributed by atoms with Crippen molar-refractivity contribution in [3.05, 3.63) is 24.3 Å². The number of phenolic OH excluding ortho intramolecular Hbond substituents is 1. The standard InChI is InChI=1S/C11H17N4O3P/c12-10-2-1-7-15(11(10)17)19(13,18)14-8-3-5-9(16)6-4-8/h3-6,10,16H,1-2,7,12H2,(H3,13,14,18)/t10-,19?/m0/s1. The van der Waals surface area contributed by atoms with Gasteiger partial charge in [-0.15, -0.1) is 0 Å². The monoisotopic (exact) mass is 284 g/mol. The first-order valence-corrected chi connectivity index (χ1v) is 7.66. The topological polar surface area (TPSA) is 122 Å². The number of anilines is 1. The van der Waals surface area contributed by atoms with Gasteiger partial charge in [-0.3, -0.25) is 14.0 Å². The Morgan fingerprint density at radius 1 is 1.37 bits per heavy atom. The number of rotatable bonds is 3. The third-order valence-corrected chi connectivity index (χ3v) is 4.66. The number of hydrogen-bond acceptors (Lipinski definition) is 4. The second kappa shape index (κ2) is 5.21. The van der Waals surface area contributed by atoms with E-state index in [1.54, 1.807) is 0 Å². The lowest BCUT2D eigenvalue weighted by Crippen LogP contribution is -2.48. The van der Waals surface area contributed by atoms with Crippen molar-refractivity contribution in [1.82, 2.24) is 4.67 Å². The molecule has 0 radical (unpaired) electrons. The molecule has 1 saturated heterocycles. The van der Waals surface area contributed by atoms with Crippen LogP contribution in [0.25, 0.3) is 0 Å². The van der Waals surface area contributed by atoms with Gasteiger partial charge in [-0.2, -0.15) is 0 Å². The van der Waals surface area contributed by atoms with E-state index in [1.165, 1.54) is 24.3 Å². The van der Waals surface area contributed by atoms with E-state index in [2.05, 4.69) is 5.09 Å². The summed E-state index contributed by atoms with van der Waals surface area (Å²) >= 11 is 0. The molecule has 6 N–H and O–H groups in total. The molecular formula is C11H17N4O3P. The zero-order chi connectivity index (χ0) is 14.0.